The molecule has 0 aromatic rings. The van der Waals surface area contributed by atoms with Gasteiger partial charge in [0.2, 0.25) is 0 Å². The number of nitrogens with zero attached hydrogens (tertiary/aromatic N) is 1. The van der Waals surface area contributed by atoms with Crippen molar-refractivity contribution in [1.29, 1.82) is 0 Å². The normalized spacial score (nSPS) is 15.0. The van der Waals surface area contributed by atoms with E-state index in [1.54, 1.807) is 0 Å². The summed E-state index contributed by atoms with van der Waals surface area (Å²) in [4.78, 5) is 53.4. The van der Waals surface area contributed by atoms with E-state index in [9.17, 15) is 19.2 Å². The third kappa shape index (κ3) is 36.9. The molecule has 0 aliphatic carbocycles. The zero-order chi connectivity index (χ0) is 46.6. The summed E-state index contributed by atoms with van der Waals surface area (Å²) in [6.07, 6.45) is 45.9. The first-order chi connectivity index (χ1) is 31.3. The van der Waals surface area contributed by atoms with E-state index in [2.05, 4.69) is 86.6 Å². The quantitative estimate of drug-likeness (QED) is 0.0276. The predicted octanol–water partition coefficient (Wildman–Crippen LogP) is 13.8. The second-order valence-corrected chi connectivity index (χ2v) is 17.8. The van der Waals surface area contributed by atoms with Crippen molar-refractivity contribution in [3.8, 4) is 0 Å². The summed E-state index contributed by atoms with van der Waals surface area (Å²) in [5, 5.41) is 2.90. The second kappa shape index (κ2) is 43.5. The molecule has 0 saturated carbocycles. The summed E-state index contributed by atoms with van der Waals surface area (Å²) in [6, 6.07) is 0.303. The summed E-state index contributed by atoms with van der Waals surface area (Å²) >= 11 is 0. The van der Waals surface area contributed by atoms with Gasteiger partial charge in [-0.2, -0.15) is 0 Å². The Bertz CT molecular complexity index is 1220. The molecule has 1 N–H and O–H groups in total. The smallest absolute Gasteiger partial charge is 0.407 e. The molecular formula is C54H94N2O8. The van der Waals surface area contributed by atoms with Crippen LogP contribution >= 0.6 is 0 Å². The molecule has 0 aromatic heterocycles. The molecule has 10 nitrogen and oxygen atoms in total. The van der Waals surface area contributed by atoms with Gasteiger partial charge in [-0.05, 0) is 116 Å². The Morgan fingerprint density at radius 1 is 0.531 bits per heavy atom. The number of likely N-dealkylation sites (tertiary alicyclic amines) is 1. The Morgan fingerprint density at radius 3 is 1.47 bits per heavy atom. The van der Waals surface area contributed by atoms with Gasteiger partial charge < -0.3 is 29.2 Å². The highest BCUT2D eigenvalue weighted by atomic mass is 16.6. The maximum absolute atomic E-state index is 13.1. The number of esters is 3. The maximum Gasteiger partial charge on any atom is 0.407 e. The van der Waals surface area contributed by atoms with Crippen molar-refractivity contribution in [2.24, 2.45) is 0 Å². The zero-order valence-corrected chi connectivity index (χ0v) is 41.3. The van der Waals surface area contributed by atoms with E-state index < -0.39 is 24.3 Å². The Balaban J connectivity index is 2.50. The summed E-state index contributed by atoms with van der Waals surface area (Å²) in [5.41, 5.74) is 0. The average Bonchev–Trinajstić information content (AvgIpc) is 3.71. The number of allylic oxidation sites excluding steroid dienone is 8. The molecule has 1 heterocycles. The first kappa shape index (κ1) is 58.6. The monoisotopic (exact) mass is 899 g/mol. The molecule has 368 valence electrons. The van der Waals surface area contributed by atoms with Gasteiger partial charge in [0.1, 0.15) is 19.3 Å². The molecule has 1 amide bonds. The van der Waals surface area contributed by atoms with E-state index in [1.807, 2.05) is 0 Å². The largest absolute Gasteiger partial charge is 0.462 e. The van der Waals surface area contributed by atoms with Crippen LogP contribution in [-0.4, -0.2) is 80.5 Å². The summed E-state index contributed by atoms with van der Waals surface area (Å²) < 4.78 is 22.6. The van der Waals surface area contributed by atoms with Crippen LogP contribution in [0.1, 0.15) is 220 Å². The van der Waals surface area contributed by atoms with Crippen LogP contribution in [0, 0.1) is 0 Å². The first-order valence-electron chi connectivity index (χ1n) is 26.0. The van der Waals surface area contributed by atoms with Crippen LogP contribution in [0.4, 0.5) is 4.79 Å². The third-order valence-corrected chi connectivity index (χ3v) is 11.8. The van der Waals surface area contributed by atoms with Crippen molar-refractivity contribution in [1.82, 2.24) is 10.2 Å². The number of amides is 1. The number of hydrogen-bond acceptors (Lipinski definition) is 9. The minimum absolute atomic E-state index is 0.0172. The highest BCUT2D eigenvalue weighted by molar-refractivity contribution is 5.71. The molecule has 1 aliphatic heterocycles. The molecular weight excluding hydrogens is 805 g/mol. The van der Waals surface area contributed by atoms with Crippen LogP contribution in [-0.2, 0) is 33.3 Å². The Kier molecular flexibility index (Phi) is 39.8. The first-order valence-corrected chi connectivity index (χ1v) is 26.0. The van der Waals surface area contributed by atoms with Crippen molar-refractivity contribution in [2.45, 2.75) is 238 Å². The van der Waals surface area contributed by atoms with E-state index in [1.165, 1.54) is 51.4 Å². The molecule has 2 unspecified atom stereocenters. The predicted molar refractivity (Wildman–Crippen MR) is 263 cm³/mol. The number of unbranched alkanes of at least 4 members (excludes halogenated alkanes) is 17. The van der Waals surface area contributed by atoms with Gasteiger partial charge in [0.25, 0.3) is 0 Å². The number of likely N-dealkylation sites (N-methyl/N-ethyl adjacent to an activating group) is 1. The maximum atomic E-state index is 13.1. The Labute approximate surface area is 391 Å². The number of ether oxygens (including phenoxy) is 4. The standard InChI is InChI=1S/C54H94N2O8/c1-5-8-11-13-15-17-19-21-23-25-27-29-31-33-35-40-51(57)61-46-50(47-62-52(58)41-36-34-32-30-28-26-24-22-20-18-16-14-12-9-6-2)63-53(59)43-42-49(39-10-7-3)64-54(60)55-45-48-38-37-44-56(48)4/h15-18,21-24,48-50H,5-14,19-20,25-47H2,1-4H3,(H,55,60)/b17-15-,18-16-,23-21-,24-22-. The highest BCUT2D eigenvalue weighted by Gasteiger charge is 2.24. The number of nitrogens with one attached hydrogen (secondary N) is 1. The molecule has 2 atom stereocenters. The third-order valence-electron chi connectivity index (χ3n) is 11.8. The number of hydrogen-bond donors (Lipinski definition) is 1. The van der Waals surface area contributed by atoms with Crippen molar-refractivity contribution in [2.75, 3.05) is 33.4 Å². The molecule has 1 saturated heterocycles. The Hall–Kier alpha value is -3.40. The van der Waals surface area contributed by atoms with Gasteiger partial charge in [0.15, 0.2) is 6.10 Å². The van der Waals surface area contributed by atoms with Crippen LogP contribution in [0.25, 0.3) is 0 Å². The van der Waals surface area contributed by atoms with E-state index in [0.717, 1.165) is 122 Å². The van der Waals surface area contributed by atoms with Gasteiger partial charge in [-0.25, -0.2) is 4.79 Å². The molecule has 1 aliphatic rings. The van der Waals surface area contributed by atoms with Gasteiger partial charge >= 0.3 is 24.0 Å². The lowest BCUT2D eigenvalue weighted by Gasteiger charge is -2.22. The summed E-state index contributed by atoms with van der Waals surface area (Å²) in [7, 11) is 2.06. The van der Waals surface area contributed by atoms with Crippen molar-refractivity contribution >= 4 is 24.0 Å². The molecule has 0 bridgehead atoms. The highest BCUT2D eigenvalue weighted by Crippen LogP contribution is 2.17. The molecule has 0 aromatic carbocycles. The topological polar surface area (TPSA) is 120 Å². The minimum atomic E-state index is -0.920. The van der Waals surface area contributed by atoms with Crippen molar-refractivity contribution < 1.29 is 38.1 Å². The van der Waals surface area contributed by atoms with Crippen molar-refractivity contribution in [3.63, 3.8) is 0 Å². The number of alkyl carbamates (subject to hydrolysis) is 1. The van der Waals surface area contributed by atoms with Crippen LogP contribution in [0.5, 0.6) is 0 Å². The summed E-state index contributed by atoms with van der Waals surface area (Å²) in [6.45, 7) is 7.71. The minimum Gasteiger partial charge on any atom is -0.462 e. The van der Waals surface area contributed by atoms with Crippen LogP contribution in [0.2, 0.25) is 0 Å². The van der Waals surface area contributed by atoms with E-state index >= 15 is 0 Å². The van der Waals surface area contributed by atoms with E-state index in [-0.39, 0.29) is 44.4 Å². The Morgan fingerprint density at radius 2 is 1.00 bits per heavy atom. The van der Waals surface area contributed by atoms with Gasteiger partial charge in [-0.3, -0.25) is 14.4 Å². The zero-order valence-electron chi connectivity index (χ0n) is 41.3. The van der Waals surface area contributed by atoms with Gasteiger partial charge in [0.05, 0.1) is 0 Å². The lowest BCUT2D eigenvalue weighted by molar-refractivity contribution is -0.167. The molecule has 0 spiro atoms. The fourth-order valence-corrected chi connectivity index (χ4v) is 7.64. The van der Waals surface area contributed by atoms with Crippen molar-refractivity contribution in [3.05, 3.63) is 48.6 Å². The van der Waals surface area contributed by atoms with Gasteiger partial charge in [0, 0.05) is 31.8 Å². The average molecular weight is 899 g/mol. The molecule has 10 heteroatoms. The van der Waals surface area contributed by atoms with E-state index in [0.29, 0.717) is 25.4 Å². The second-order valence-electron chi connectivity index (χ2n) is 17.8. The molecule has 1 rings (SSSR count). The SMILES string of the molecule is CCCCC/C=C\C/C=C\CCCCCCCC(=O)OCC(COC(=O)CCCCCCC/C=C\C/C=C\CCCCC)OC(=O)CCC(CCCC)OC(=O)NCC1CCCN1C. The van der Waals surface area contributed by atoms with Crippen LogP contribution in [0.3, 0.4) is 0 Å². The van der Waals surface area contributed by atoms with E-state index in [4.69, 9.17) is 18.9 Å². The van der Waals surface area contributed by atoms with Gasteiger partial charge in [-0.15, -0.1) is 0 Å². The number of carbonyl (C=O) groups excluding carboxylic acids is 4. The number of rotatable bonds is 42. The number of carbonyl (C=O) groups is 4. The molecule has 1 fully saturated rings. The van der Waals surface area contributed by atoms with Crippen LogP contribution < -0.4 is 5.32 Å². The lowest BCUT2D eigenvalue weighted by Crippen LogP contribution is -2.39. The van der Waals surface area contributed by atoms with Gasteiger partial charge in [-0.1, -0.05) is 146 Å². The van der Waals surface area contributed by atoms with Crippen LogP contribution in [0.15, 0.2) is 48.6 Å². The lowest BCUT2D eigenvalue weighted by atomic mass is 10.1. The molecule has 64 heavy (non-hydrogen) atoms. The fourth-order valence-electron chi connectivity index (χ4n) is 7.64. The fraction of sp³-hybridized carbons (Fsp3) is 0.778. The summed E-state index contributed by atoms with van der Waals surface area (Å²) in [5.74, 6) is -1.23. The molecule has 0 radical (unpaired) electrons.